The first-order chi connectivity index (χ1) is 10.7. The van der Waals surface area contributed by atoms with Gasteiger partial charge in [-0.05, 0) is 42.9 Å². The third-order valence-electron chi connectivity index (χ3n) is 3.65. The number of halogens is 1. The summed E-state index contributed by atoms with van der Waals surface area (Å²) in [6.45, 7) is 5.75. The van der Waals surface area contributed by atoms with Gasteiger partial charge in [-0.25, -0.2) is 0 Å². The van der Waals surface area contributed by atoms with Crippen LogP contribution in [0.25, 0.3) is 0 Å². The van der Waals surface area contributed by atoms with E-state index in [1.165, 1.54) is 0 Å². The Hall–Kier alpha value is -1.84. The van der Waals surface area contributed by atoms with E-state index in [9.17, 15) is 4.79 Å². The summed E-state index contributed by atoms with van der Waals surface area (Å²) < 4.78 is 0. The van der Waals surface area contributed by atoms with E-state index in [4.69, 9.17) is 11.6 Å². The number of hydrogen-bond acceptors (Lipinski definition) is 2. The summed E-state index contributed by atoms with van der Waals surface area (Å²) in [5.74, 6) is -0.0303. The molecule has 0 spiro atoms. The molecule has 0 saturated heterocycles. The maximum Gasteiger partial charge on any atom is 0.246 e. The smallest absolute Gasteiger partial charge is 0.246 e. The standard InChI is InChI=1S/C18H21ClN2O/c1-3-21(4-2)17(14-8-6-5-7-9-14)18(22)20-16-12-10-15(19)11-13-16/h5-13,17H,3-4H2,1-2H3,(H,20,22). The molecule has 0 aromatic heterocycles. The van der Waals surface area contributed by atoms with Gasteiger partial charge in [-0.1, -0.05) is 55.8 Å². The normalized spacial score (nSPS) is 12.2. The molecule has 0 heterocycles. The van der Waals surface area contributed by atoms with E-state index in [1.54, 1.807) is 12.1 Å². The summed E-state index contributed by atoms with van der Waals surface area (Å²) in [7, 11) is 0. The number of nitrogens with one attached hydrogen (secondary N) is 1. The Labute approximate surface area is 136 Å². The van der Waals surface area contributed by atoms with Crippen molar-refractivity contribution in [1.29, 1.82) is 0 Å². The number of hydrogen-bond donors (Lipinski definition) is 1. The van der Waals surface area contributed by atoms with E-state index in [1.807, 2.05) is 42.5 Å². The van der Waals surface area contributed by atoms with Gasteiger partial charge >= 0.3 is 0 Å². The lowest BCUT2D eigenvalue weighted by molar-refractivity contribution is -0.121. The Morgan fingerprint density at radius 1 is 1.05 bits per heavy atom. The van der Waals surface area contributed by atoms with Crippen molar-refractivity contribution >= 4 is 23.2 Å². The van der Waals surface area contributed by atoms with Crippen molar-refractivity contribution in [2.75, 3.05) is 18.4 Å². The Balaban J connectivity index is 2.24. The van der Waals surface area contributed by atoms with E-state index >= 15 is 0 Å². The molecular weight excluding hydrogens is 296 g/mol. The van der Waals surface area contributed by atoms with Crippen LogP contribution < -0.4 is 5.32 Å². The van der Waals surface area contributed by atoms with Gasteiger partial charge in [0, 0.05) is 10.7 Å². The second-order valence-electron chi connectivity index (χ2n) is 5.03. The topological polar surface area (TPSA) is 32.3 Å². The highest BCUT2D eigenvalue weighted by Gasteiger charge is 2.25. The number of amides is 1. The molecule has 1 amide bonds. The summed E-state index contributed by atoms with van der Waals surface area (Å²) in [4.78, 5) is 14.9. The van der Waals surface area contributed by atoms with Gasteiger partial charge in [0.1, 0.15) is 6.04 Å². The van der Waals surface area contributed by atoms with Crippen LogP contribution in [0, 0.1) is 0 Å². The lowest BCUT2D eigenvalue weighted by atomic mass is 10.0. The average Bonchev–Trinajstić information content (AvgIpc) is 2.55. The van der Waals surface area contributed by atoms with Crippen LogP contribution in [-0.2, 0) is 4.79 Å². The number of rotatable bonds is 6. The first-order valence-electron chi connectivity index (χ1n) is 7.51. The van der Waals surface area contributed by atoms with Gasteiger partial charge in [0.25, 0.3) is 0 Å². The van der Waals surface area contributed by atoms with Crippen molar-refractivity contribution in [3.63, 3.8) is 0 Å². The first kappa shape index (κ1) is 16.5. The number of nitrogens with zero attached hydrogens (tertiary/aromatic N) is 1. The second kappa shape index (κ2) is 7.97. The fraction of sp³-hybridized carbons (Fsp3) is 0.278. The third-order valence-corrected chi connectivity index (χ3v) is 3.90. The molecule has 22 heavy (non-hydrogen) atoms. The van der Waals surface area contributed by atoms with Gasteiger partial charge in [0.2, 0.25) is 5.91 Å². The summed E-state index contributed by atoms with van der Waals surface area (Å²) in [5.41, 5.74) is 1.75. The van der Waals surface area contributed by atoms with E-state index in [0.717, 1.165) is 24.3 Å². The molecule has 0 saturated carbocycles. The maximum atomic E-state index is 12.8. The fourth-order valence-electron chi connectivity index (χ4n) is 2.50. The molecule has 2 aromatic carbocycles. The quantitative estimate of drug-likeness (QED) is 0.858. The molecule has 0 aliphatic carbocycles. The minimum absolute atomic E-state index is 0.0303. The Morgan fingerprint density at radius 2 is 1.64 bits per heavy atom. The highest BCUT2D eigenvalue weighted by atomic mass is 35.5. The number of carbonyl (C=O) groups excluding carboxylic acids is 1. The van der Waals surface area contributed by atoms with Crippen molar-refractivity contribution in [1.82, 2.24) is 4.90 Å². The third kappa shape index (κ3) is 4.09. The fourth-order valence-corrected chi connectivity index (χ4v) is 2.62. The molecule has 1 atom stereocenters. The molecule has 1 N–H and O–H groups in total. The van der Waals surface area contributed by atoms with Crippen LogP contribution in [0.1, 0.15) is 25.5 Å². The molecule has 0 radical (unpaired) electrons. The lowest BCUT2D eigenvalue weighted by Crippen LogP contribution is -2.37. The average molecular weight is 317 g/mol. The molecular formula is C18H21ClN2O. The predicted molar refractivity (Wildman–Crippen MR) is 92.2 cm³/mol. The van der Waals surface area contributed by atoms with Crippen molar-refractivity contribution in [2.45, 2.75) is 19.9 Å². The highest BCUT2D eigenvalue weighted by Crippen LogP contribution is 2.23. The molecule has 116 valence electrons. The predicted octanol–water partition coefficient (Wildman–Crippen LogP) is 4.36. The summed E-state index contributed by atoms with van der Waals surface area (Å²) >= 11 is 5.88. The second-order valence-corrected chi connectivity index (χ2v) is 5.47. The van der Waals surface area contributed by atoms with Crippen LogP contribution in [-0.4, -0.2) is 23.9 Å². The Kier molecular flexibility index (Phi) is 5.99. The van der Waals surface area contributed by atoms with E-state index in [2.05, 4.69) is 24.1 Å². The zero-order valence-corrected chi connectivity index (χ0v) is 13.7. The SMILES string of the molecule is CCN(CC)C(C(=O)Nc1ccc(Cl)cc1)c1ccccc1. The highest BCUT2D eigenvalue weighted by molar-refractivity contribution is 6.30. The zero-order chi connectivity index (χ0) is 15.9. The molecule has 1 unspecified atom stereocenters. The monoisotopic (exact) mass is 316 g/mol. The van der Waals surface area contributed by atoms with Crippen LogP contribution in [0.15, 0.2) is 54.6 Å². The lowest BCUT2D eigenvalue weighted by Gasteiger charge is -2.29. The van der Waals surface area contributed by atoms with Crippen molar-refractivity contribution < 1.29 is 4.79 Å². The molecule has 0 aliphatic heterocycles. The first-order valence-corrected chi connectivity index (χ1v) is 7.89. The largest absolute Gasteiger partial charge is 0.324 e. The molecule has 0 aliphatic rings. The number of carbonyl (C=O) groups is 1. The summed E-state index contributed by atoms with van der Waals surface area (Å²) in [5, 5.41) is 3.63. The molecule has 0 bridgehead atoms. The van der Waals surface area contributed by atoms with Crippen molar-refractivity contribution in [2.24, 2.45) is 0 Å². The number of anilines is 1. The molecule has 3 nitrogen and oxygen atoms in total. The van der Waals surface area contributed by atoms with Crippen LogP contribution in [0.3, 0.4) is 0 Å². The molecule has 2 aromatic rings. The molecule has 2 rings (SSSR count). The van der Waals surface area contributed by atoms with Crippen molar-refractivity contribution in [3.8, 4) is 0 Å². The molecule has 0 fully saturated rings. The molecule has 4 heteroatoms. The van der Waals surface area contributed by atoms with Gasteiger partial charge in [-0.2, -0.15) is 0 Å². The van der Waals surface area contributed by atoms with Crippen LogP contribution in [0.2, 0.25) is 5.02 Å². The van der Waals surface area contributed by atoms with E-state index in [-0.39, 0.29) is 11.9 Å². The van der Waals surface area contributed by atoms with Gasteiger partial charge in [-0.3, -0.25) is 9.69 Å². The summed E-state index contributed by atoms with van der Waals surface area (Å²) in [6.07, 6.45) is 0. The van der Waals surface area contributed by atoms with Gasteiger partial charge in [-0.15, -0.1) is 0 Å². The van der Waals surface area contributed by atoms with Gasteiger partial charge < -0.3 is 5.32 Å². The van der Waals surface area contributed by atoms with E-state index < -0.39 is 0 Å². The zero-order valence-electron chi connectivity index (χ0n) is 12.9. The summed E-state index contributed by atoms with van der Waals surface area (Å²) in [6, 6.07) is 16.7. The minimum atomic E-state index is -0.299. The Bertz CT molecular complexity index is 594. The Morgan fingerprint density at radius 3 is 2.18 bits per heavy atom. The van der Waals surface area contributed by atoms with Gasteiger partial charge in [0.05, 0.1) is 0 Å². The van der Waals surface area contributed by atoms with Crippen LogP contribution in [0.5, 0.6) is 0 Å². The van der Waals surface area contributed by atoms with E-state index in [0.29, 0.717) is 5.02 Å². The van der Waals surface area contributed by atoms with Gasteiger partial charge in [0.15, 0.2) is 0 Å². The number of benzene rings is 2. The maximum absolute atomic E-state index is 12.8. The van der Waals surface area contributed by atoms with Crippen molar-refractivity contribution in [3.05, 3.63) is 65.2 Å². The van der Waals surface area contributed by atoms with Crippen LogP contribution in [0.4, 0.5) is 5.69 Å². The van der Waals surface area contributed by atoms with Crippen LogP contribution >= 0.6 is 11.6 Å². The minimum Gasteiger partial charge on any atom is -0.324 e. The number of likely N-dealkylation sites (N-methyl/N-ethyl adjacent to an activating group) is 1.